The molecule has 0 unspecified atom stereocenters. The zero-order valence-electron chi connectivity index (χ0n) is 13.0. The van der Waals surface area contributed by atoms with Crippen LogP contribution in [0, 0.1) is 5.82 Å². The molecule has 0 atom stereocenters. The number of rotatable bonds is 1. The molecular weight excluding hydrogens is 309 g/mol. The van der Waals surface area contributed by atoms with Gasteiger partial charge in [0.1, 0.15) is 11.3 Å². The van der Waals surface area contributed by atoms with E-state index in [0.29, 0.717) is 30.9 Å². The van der Waals surface area contributed by atoms with Crippen molar-refractivity contribution >= 4 is 11.2 Å². The van der Waals surface area contributed by atoms with E-state index in [9.17, 15) is 4.39 Å². The summed E-state index contributed by atoms with van der Waals surface area (Å²) < 4.78 is 25.8. The first kappa shape index (κ1) is 14.1. The zero-order chi connectivity index (χ0) is 16.1. The largest absolute Gasteiger partial charge is 0.347 e. The number of nitrogens with zero attached hydrogens (tertiary/aromatic N) is 2. The van der Waals surface area contributed by atoms with E-state index in [1.54, 1.807) is 24.4 Å². The van der Waals surface area contributed by atoms with Crippen molar-refractivity contribution in [3.05, 3.63) is 47.5 Å². The monoisotopic (exact) mass is 325 g/mol. The van der Waals surface area contributed by atoms with Crippen molar-refractivity contribution in [3.8, 4) is 11.3 Å². The van der Waals surface area contributed by atoms with Gasteiger partial charge >= 0.3 is 0 Å². The van der Waals surface area contributed by atoms with E-state index in [2.05, 4.69) is 15.0 Å². The van der Waals surface area contributed by atoms with Crippen LogP contribution in [-0.4, -0.2) is 34.0 Å². The summed E-state index contributed by atoms with van der Waals surface area (Å²) in [6.07, 6.45) is 3.92. The first-order valence-corrected chi connectivity index (χ1v) is 8.13. The number of hydrogen-bond donors (Lipinski definition) is 1. The van der Waals surface area contributed by atoms with E-state index in [4.69, 9.17) is 9.47 Å². The molecule has 6 heteroatoms. The molecule has 5 rings (SSSR count). The van der Waals surface area contributed by atoms with Gasteiger partial charge in [-0.1, -0.05) is 12.1 Å². The molecule has 1 saturated heterocycles. The van der Waals surface area contributed by atoms with Gasteiger partial charge in [-0.3, -0.25) is 0 Å². The second-order valence-electron chi connectivity index (χ2n) is 6.30. The number of halogens is 1. The van der Waals surface area contributed by atoms with Gasteiger partial charge in [0.2, 0.25) is 0 Å². The third-order valence-electron chi connectivity index (χ3n) is 4.86. The van der Waals surface area contributed by atoms with E-state index >= 15 is 0 Å². The third-order valence-corrected chi connectivity index (χ3v) is 4.86. The van der Waals surface area contributed by atoms with Crippen molar-refractivity contribution in [2.75, 3.05) is 13.2 Å². The number of H-pyrrole nitrogens is 1. The van der Waals surface area contributed by atoms with Crippen LogP contribution in [0.5, 0.6) is 0 Å². The highest BCUT2D eigenvalue weighted by Crippen LogP contribution is 2.38. The van der Waals surface area contributed by atoms with Crippen molar-refractivity contribution in [1.29, 1.82) is 0 Å². The fourth-order valence-electron chi connectivity index (χ4n) is 3.67. The van der Waals surface area contributed by atoms with Crippen LogP contribution in [0.1, 0.15) is 17.7 Å². The molecule has 24 heavy (non-hydrogen) atoms. The molecule has 1 aliphatic carbocycles. The van der Waals surface area contributed by atoms with E-state index in [0.717, 1.165) is 35.3 Å². The minimum atomic E-state index is -0.530. The van der Waals surface area contributed by atoms with Gasteiger partial charge in [-0.2, -0.15) is 0 Å². The summed E-state index contributed by atoms with van der Waals surface area (Å²) in [7, 11) is 0. The maximum absolute atomic E-state index is 14.1. The Morgan fingerprint density at radius 3 is 2.83 bits per heavy atom. The van der Waals surface area contributed by atoms with Crippen LogP contribution in [-0.2, 0) is 22.3 Å². The Labute approximate surface area is 137 Å². The van der Waals surface area contributed by atoms with Crippen molar-refractivity contribution in [2.45, 2.75) is 25.0 Å². The molecule has 1 fully saturated rings. The van der Waals surface area contributed by atoms with Crippen molar-refractivity contribution < 1.29 is 13.9 Å². The average molecular weight is 325 g/mol. The molecule has 2 aliphatic rings. The predicted octanol–water partition coefficient (Wildman–Crippen LogP) is 3.00. The molecule has 1 aromatic carbocycles. The molecule has 0 amide bonds. The van der Waals surface area contributed by atoms with Crippen LogP contribution < -0.4 is 0 Å². The molecule has 122 valence electrons. The maximum Gasteiger partial charge on any atom is 0.173 e. The number of fused-ring (bicyclic) bond motifs is 3. The lowest BCUT2D eigenvalue weighted by Crippen LogP contribution is -2.36. The van der Waals surface area contributed by atoms with Gasteiger partial charge < -0.3 is 14.5 Å². The standard InChI is InChI=1S/C18H16FN3O2/c19-13-4-2-1-3-11(13)15-10-20-17-16(21-15)12-9-18(23-7-8-24-18)6-5-14(12)22-17/h1-4,10H,5-9H2,(H,20,22). The zero-order valence-corrected chi connectivity index (χ0v) is 13.0. The van der Waals surface area contributed by atoms with Gasteiger partial charge in [-0.15, -0.1) is 0 Å². The number of aromatic nitrogens is 3. The SMILES string of the molecule is Fc1ccccc1-c1cnc2[nH]c3c(c2n1)CC1(CC3)OCCO1. The third kappa shape index (κ3) is 2.07. The van der Waals surface area contributed by atoms with Gasteiger partial charge in [0.25, 0.3) is 0 Å². The van der Waals surface area contributed by atoms with Crippen LogP contribution in [0.25, 0.3) is 22.4 Å². The molecule has 0 radical (unpaired) electrons. The van der Waals surface area contributed by atoms with Crippen LogP contribution >= 0.6 is 0 Å². The molecule has 1 N–H and O–H groups in total. The Balaban J connectivity index is 1.64. The lowest BCUT2D eigenvalue weighted by Gasteiger charge is -2.31. The Morgan fingerprint density at radius 1 is 1.17 bits per heavy atom. The maximum atomic E-state index is 14.1. The van der Waals surface area contributed by atoms with Gasteiger partial charge in [0.05, 0.1) is 25.1 Å². The Morgan fingerprint density at radius 2 is 2.00 bits per heavy atom. The molecule has 0 saturated carbocycles. The van der Waals surface area contributed by atoms with Crippen LogP contribution in [0.4, 0.5) is 4.39 Å². The summed E-state index contributed by atoms with van der Waals surface area (Å²) in [4.78, 5) is 12.5. The summed E-state index contributed by atoms with van der Waals surface area (Å²) in [6, 6.07) is 6.62. The van der Waals surface area contributed by atoms with Crippen LogP contribution in [0.3, 0.4) is 0 Å². The summed E-state index contributed by atoms with van der Waals surface area (Å²) in [5, 5.41) is 0. The molecule has 0 bridgehead atoms. The summed E-state index contributed by atoms with van der Waals surface area (Å²) in [5.41, 5.74) is 4.71. The lowest BCUT2D eigenvalue weighted by atomic mass is 9.91. The minimum Gasteiger partial charge on any atom is -0.347 e. The van der Waals surface area contributed by atoms with Crippen molar-refractivity contribution in [3.63, 3.8) is 0 Å². The molecule has 5 nitrogen and oxygen atoms in total. The Bertz CT molecular complexity index is 931. The summed E-state index contributed by atoms with van der Waals surface area (Å²) in [5.74, 6) is -0.827. The van der Waals surface area contributed by atoms with Gasteiger partial charge in [0.15, 0.2) is 11.4 Å². The highest BCUT2D eigenvalue weighted by molar-refractivity contribution is 5.80. The van der Waals surface area contributed by atoms with E-state index < -0.39 is 5.79 Å². The minimum absolute atomic E-state index is 0.297. The van der Waals surface area contributed by atoms with Gasteiger partial charge in [-0.25, -0.2) is 14.4 Å². The van der Waals surface area contributed by atoms with E-state index in [1.807, 2.05) is 0 Å². The number of nitrogens with one attached hydrogen (secondary N) is 1. The second kappa shape index (κ2) is 5.09. The quantitative estimate of drug-likeness (QED) is 0.747. The first-order chi connectivity index (χ1) is 11.7. The Kier molecular flexibility index (Phi) is 2.98. The second-order valence-corrected chi connectivity index (χ2v) is 6.30. The van der Waals surface area contributed by atoms with Crippen LogP contribution in [0.15, 0.2) is 30.5 Å². The van der Waals surface area contributed by atoms with Gasteiger partial charge in [0, 0.05) is 29.7 Å². The van der Waals surface area contributed by atoms with E-state index in [1.165, 1.54) is 6.07 Å². The summed E-state index contributed by atoms with van der Waals surface area (Å²) in [6.45, 7) is 1.26. The highest BCUT2D eigenvalue weighted by Gasteiger charge is 2.41. The number of hydrogen-bond acceptors (Lipinski definition) is 4. The molecule has 3 aromatic rings. The fraction of sp³-hybridized carbons (Fsp3) is 0.333. The number of aromatic amines is 1. The van der Waals surface area contributed by atoms with Crippen LogP contribution in [0.2, 0.25) is 0 Å². The topological polar surface area (TPSA) is 60.0 Å². The average Bonchev–Trinajstić information content (AvgIpc) is 3.20. The highest BCUT2D eigenvalue weighted by atomic mass is 19.1. The summed E-state index contributed by atoms with van der Waals surface area (Å²) >= 11 is 0. The number of aryl methyl sites for hydroxylation is 1. The fourth-order valence-corrected chi connectivity index (χ4v) is 3.67. The van der Waals surface area contributed by atoms with Crippen molar-refractivity contribution in [1.82, 2.24) is 15.0 Å². The smallest absolute Gasteiger partial charge is 0.173 e. The predicted molar refractivity (Wildman–Crippen MR) is 85.9 cm³/mol. The van der Waals surface area contributed by atoms with E-state index in [-0.39, 0.29) is 5.82 Å². The number of ether oxygens (including phenoxy) is 2. The molecular formula is C18H16FN3O2. The molecule has 1 aliphatic heterocycles. The molecule has 2 aromatic heterocycles. The number of benzene rings is 1. The Hall–Kier alpha value is -2.31. The molecule has 1 spiro atoms. The molecule has 3 heterocycles. The van der Waals surface area contributed by atoms with Crippen molar-refractivity contribution in [2.24, 2.45) is 0 Å². The first-order valence-electron chi connectivity index (χ1n) is 8.13. The normalized spacial score (nSPS) is 19.0. The van der Waals surface area contributed by atoms with Gasteiger partial charge in [-0.05, 0) is 18.6 Å². The lowest BCUT2D eigenvalue weighted by molar-refractivity contribution is -0.163.